The fraction of sp³-hybridized carbons (Fsp3) is 0.625. The van der Waals surface area contributed by atoms with E-state index in [1.54, 1.807) is 10.4 Å². The van der Waals surface area contributed by atoms with Gasteiger partial charge in [0.25, 0.3) is 0 Å². The first-order valence-corrected chi connectivity index (χ1v) is 9.35. The Morgan fingerprint density at radius 1 is 1.19 bits per heavy atom. The molecule has 2 aliphatic rings. The summed E-state index contributed by atoms with van der Waals surface area (Å²) in [6.45, 7) is 1.37. The number of hydrogen-bond acceptors (Lipinski definition) is 3. The first-order chi connectivity index (χ1) is 10.1. The Balaban J connectivity index is 1.91. The first-order valence-electron chi connectivity index (χ1n) is 7.91. The number of hydrogen-bond donors (Lipinski definition) is 1. The van der Waals surface area contributed by atoms with Crippen molar-refractivity contribution in [3.05, 3.63) is 29.3 Å². The van der Waals surface area contributed by atoms with Crippen molar-refractivity contribution >= 4 is 10.0 Å². The minimum atomic E-state index is -3.36. The number of piperidine rings is 1. The Morgan fingerprint density at radius 2 is 2.00 bits per heavy atom. The molecule has 1 unspecified atom stereocenters. The Kier molecular flexibility index (Phi) is 4.33. The van der Waals surface area contributed by atoms with Crippen LogP contribution in [-0.2, 0) is 22.9 Å². The third kappa shape index (κ3) is 2.87. The Labute approximate surface area is 127 Å². The van der Waals surface area contributed by atoms with Gasteiger partial charge in [0.15, 0.2) is 0 Å². The highest BCUT2D eigenvalue weighted by atomic mass is 32.2. The molecule has 1 heterocycles. The largest absolute Gasteiger partial charge is 0.318 e. The second-order valence-electron chi connectivity index (χ2n) is 6.11. The Bertz CT molecular complexity index is 611. The topological polar surface area (TPSA) is 49.4 Å². The highest BCUT2D eigenvalue weighted by Crippen LogP contribution is 2.29. The van der Waals surface area contributed by atoms with Gasteiger partial charge in [-0.1, -0.05) is 12.5 Å². The molecule has 1 aliphatic carbocycles. The van der Waals surface area contributed by atoms with Crippen molar-refractivity contribution in [2.75, 3.05) is 20.1 Å². The number of nitrogens with zero attached hydrogens (tertiary/aromatic N) is 1. The summed E-state index contributed by atoms with van der Waals surface area (Å²) in [5, 5.41) is 3.13. The van der Waals surface area contributed by atoms with Crippen LogP contribution in [0.25, 0.3) is 0 Å². The average molecular weight is 308 g/mol. The van der Waals surface area contributed by atoms with E-state index < -0.39 is 10.0 Å². The van der Waals surface area contributed by atoms with Gasteiger partial charge < -0.3 is 5.32 Å². The van der Waals surface area contributed by atoms with E-state index >= 15 is 0 Å². The van der Waals surface area contributed by atoms with Crippen molar-refractivity contribution < 1.29 is 8.42 Å². The molecule has 0 aromatic heterocycles. The maximum absolute atomic E-state index is 13.0. The molecule has 3 rings (SSSR count). The van der Waals surface area contributed by atoms with Crippen molar-refractivity contribution in [1.82, 2.24) is 9.62 Å². The molecule has 1 aromatic carbocycles. The van der Waals surface area contributed by atoms with Gasteiger partial charge in [-0.25, -0.2) is 8.42 Å². The van der Waals surface area contributed by atoms with E-state index in [4.69, 9.17) is 0 Å². The molecule has 1 aromatic rings. The van der Waals surface area contributed by atoms with Crippen LogP contribution in [0.2, 0.25) is 0 Å². The second kappa shape index (κ2) is 6.07. The van der Waals surface area contributed by atoms with Crippen molar-refractivity contribution in [2.24, 2.45) is 0 Å². The molecule has 1 saturated heterocycles. The maximum atomic E-state index is 13.0. The smallest absolute Gasteiger partial charge is 0.243 e. The van der Waals surface area contributed by atoms with E-state index in [1.165, 1.54) is 11.1 Å². The minimum Gasteiger partial charge on any atom is -0.318 e. The summed E-state index contributed by atoms with van der Waals surface area (Å²) in [6.07, 6.45) is 6.27. The van der Waals surface area contributed by atoms with Gasteiger partial charge in [-0.2, -0.15) is 4.31 Å². The molecule has 1 atom stereocenters. The van der Waals surface area contributed by atoms with Crippen molar-refractivity contribution in [1.29, 1.82) is 0 Å². The molecule has 21 heavy (non-hydrogen) atoms. The second-order valence-corrected chi connectivity index (χ2v) is 8.00. The number of rotatable bonds is 4. The summed E-state index contributed by atoms with van der Waals surface area (Å²) in [6, 6.07) is 5.79. The summed E-state index contributed by atoms with van der Waals surface area (Å²) < 4.78 is 27.7. The molecule has 0 spiro atoms. The van der Waals surface area contributed by atoms with Crippen molar-refractivity contribution in [3.63, 3.8) is 0 Å². The van der Waals surface area contributed by atoms with E-state index in [2.05, 4.69) is 5.32 Å². The number of sulfonamides is 1. The van der Waals surface area contributed by atoms with Gasteiger partial charge >= 0.3 is 0 Å². The van der Waals surface area contributed by atoms with Crippen LogP contribution in [0.1, 0.15) is 36.8 Å². The first kappa shape index (κ1) is 15.0. The molecule has 5 heteroatoms. The van der Waals surface area contributed by atoms with Crippen LogP contribution >= 0.6 is 0 Å². The standard InChI is InChI=1S/C16H24N2O2S/c1-17-12-15-7-2-3-10-18(15)21(19,20)16-9-8-13-5-4-6-14(13)11-16/h8-9,11,15,17H,2-7,10,12H2,1H3. The monoisotopic (exact) mass is 308 g/mol. The van der Waals surface area contributed by atoms with Gasteiger partial charge in [0.1, 0.15) is 0 Å². The summed E-state index contributed by atoms with van der Waals surface area (Å²) in [5.41, 5.74) is 2.54. The fourth-order valence-corrected chi connectivity index (χ4v) is 5.32. The van der Waals surface area contributed by atoms with Gasteiger partial charge in [0.05, 0.1) is 4.90 Å². The van der Waals surface area contributed by atoms with Gasteiger partial charge in [0.2, 0.25) is 10.0 Å². The molecule has 1 aliphatic heterocycles. The number of benzene rings is 1. The number of fused-ring (bicyclic) bond motifs is 1. The maximum Gasteiger partial charge on any atom is 0.243 e. The zero-order valence-corrected chi connectivity index (χ0v) is 13.5. The zero-order valence-electron chi connectivity index (χ0n) is 12.6. The van der Waals surface area contributed by atoms with Crippen LogP contribution in [0, 0.1) is 0 Å². The van der Waals surface area contributed by atoms with E-state index in [1.807, 2.05) is 19.2 Å². The van der Waals surface area contributed by atoms with Crippen LogP contribution in [0.4, 0.5) is 0 Å². The van der Waals surface area contributed by atoms with Gasteiger partial charge in [-0.3, -0.25) is 0 Å². The molecule has 0 radical (unpaired) electrons. The summed E-state index contributed by atoms with van der Waals surface area (Å²) in [4.78, 5) is 0.478. The molecule has 0 amide bonds. The van der Waals surface area contributed by atoms with Gasteiger partial charge in [-0.05, 0) is 62.4 Å². The van der Waals surface area contributed by atoms with E-state index in [-0.39, 0.29) is 6.04 Å². The molecule has 1 N–H and O–H groups in total. The lowest BCUT2D eigenvalue weighted by molar-refractivity contribution is 0.249. The predicted octanol–water partition coefficient (Wildman–Crippen LogP) is 1.94. The Morgan fingerprint density at radius 3 is 2.81 bits per heavy atom. The SMILES string of the molecule is CNCC1CCCCN1S(=O)(=O)c1ccc2c(c1)CCC2. The quantitative estimate of drug-likeness (QED) is 0.925. The van der Waals surface area contributed by atoms with Crippen molar-refractivity contribution in [2.45, 2.75) is 49.5 Å². The molecule has 116 valence electrons. The molecule has 0 bridgehead atoms. The third-order valence-electron chi connectivity index (χ3n) is 4.69. The van der Waals surface area contributed by atoms with Gasteiger partial charge in [0, 0.05) is 19.1 Å². The number of likely N-dealkylation sites (N-methyl/N-ethyl adjacent to an activating group) is 1. The average Bonchev–Trinajstić information content (AvgIpc) is 2.95. The lowest BCUT2D eigenvalue weighted by Gasteiger charge is -2.34. The number of nitrogens with one attached hydrogen (secondary N) is 1. The van der Waals surface area contributed by atoms with Crippen molar-refractivity contribution in [3.8, 4) is 0 Å². The highest BCUT2D eigenvalue weighted by molar-refractivity contribution is 7.89. The molecular formula is C16H24N2O2S. The third-order valence-corrected chi connectivity index (χ3v) is 6.64. The lowest BCUT2D eigenvalue weighted by Crippen LogP contribution is -2.47. The van der Waals surface area contributed by atoms with Crippen LogP contribution in [0.3, 0.4) is 0 Å². The molecule has 0 saturated carbocycles. The highest BCUT2D eigenvalue weighted by Gasteiger charge is 2.33. The van der Waals surface area contributed by atoms with E-state index in [9.17, 15) is 8.42 Å². The molecule has 1 fully saturated rings. The van der Waals surface area contributed by atoms with Gasteiger partial charge in [-0.15, -0.1) is 0 Å². The summed E-state index contributed by atoms with van der Waals surface area (Å²) >= 11 is 0. The fourth-order valence-electron chi connectivity index (χ4n) is 3.57. The predicted molar refractivity (Wildman–Crippen MR) is 83.9 cm³/mol. The summed E-state index contributed by atoms with van der Waals surface area (Å²) in [7, 11) is -1.48. The lowest BCUT2D eigenvalue weighted by atomic mass is 10.1. The Hall–Kier alpha value is -0.910. The number of aryl methyl sites for hydroxylation is 2. The van der Waals surface area contributed by atoms with E-state index in [0.29, 0.717) is 11.4 Å². The van der Waals surface area contributed by atoms with Crippen LogP contribution in [-0.4, -0.2) is 38.9 Å². The van der Waals surface area contributed by atoms with Crippen LogP contribution in [0.15, 0.2) is 23.1 Å². The minimum absolute atomic E-state index is 0.0852. The van der Waals surface area contributed by atoms with Crippen LogP contribution in [0.5, 0.6) is 0 Å². The van der Waals surface area contributed by atoms with Crippen LogP contribution < -0.4 is 5.32 Å². The molecular weight excluding hydrogens is 284 g/mol. The zero-order chi connectivity index (χ0) is 14.9. The molecule has 4 nitrogen and oxygen atoms in total. The van der Waals surface area contributed by atoms with E-state index in [0.717, 1.165) is 45.1 Å². The normalized spacial score (nSPS) is 23.2. The summed E-state index contributed by atoms with van der Waals surface area (Å²) in [5.74, 6) is 0.